The van der Waals surface area contributed by atoms with Crippen LogP contribution in [0.25, 0.3) is 0 Å². The number of carbonyl (C=O) groups is 1. The van der Waals surface area contributed by atoms with Crippen LogP contribution in [-0.4, -0.2) is 66.1 Å². The largest absolute Gasteiger partial charge is 0.481 e. The normalized spacial score (nSPS) is 17.3. The summed E-state index contributed by atoms with van der Waals surface area (Å²) in [6, 6.07) is 4.47. The van der Waals surface area contributed by atoms with Crippen molar-refractivity contribution in [3.63, 3.8) is 0 Å². The molecule has 0 saturated carbocycles. The first kappa shape index (κ1) is 21.0. The summed E-state index contributed by atoms with van der Waals surface area (Å²) in [4.78, 5) is 29.3. The van der Waals surface area contributed by atoms with Crippen molar-refractivity contribution in [1.29, 1.82) is 0 Å². The van der Waals surface area contributed by atoms with E-state index in [4.69, 9.17) is 4.74 Å². The summed E-state index contributed by atoms with van der Waals surface area (Å²) in [6.07, 6.45) is 2.77. The summed E-state index contributed by atoms with van der Waals surface area (Å²) in [7, 11) is 5.05. The number of pyridine rings is 1. The van der Waals surface area contributed by atoms with E-state index in [0.717, 1.165) is 42.1 Å². The summed E-state index contributed by atoms with van der Waals surface area (Å²) in [5.41, 5.74) is 3.00. The quantitative estimate of drug-likeness (QED) is 0.798. The van der Waals surface area contributed by atoms with Crippen molar-refractivity contribution >= 4 is 11.7 Å². The molecule has 2 atom stereocenters. The summed E-state index contributed by atoms with van der Waals surface area (Å²) in [5.74, 6) is 1.55. The Morgan fingerprint density at radius 3 is 2.79 bits per heavy atom. The maximum absolute atomic E-state index is 12.3. The first-order chi connectivity index (χ1) is 13.8. The number of carbonyl (C=O) groups excluding carboxylic acids is 1. The smallest absolute Gasteiger partial charge is 0.291 e. The molecule has 1 unspecified atom stereocenters. The Bertz CT molecular complexity index is 885. The Kier molecular flexibility index (Phi) is 6.32. The predicted octanol–water partition coefficient (Wildman–Crippen LogP) is 2.13. The van der Waals surface area contributed by atoms with Crippen molar-refractivity contribution in [2.75, 3.05) is 39.2 Å². The number of amides is 1. The molecule has 3 rings (SSSR count). The number of ether oxygens (including phenoxy) is 1. The maximum atomic E-state index is 12.3. The molecule has 3 heterocycles. The van der Waals surface area contributed by atoms with E-state index in [0.29, 0.717) is 11.9 Å². The van der Waals surface area contributed by atoms with E-state index in [1.165, 1.54) is 4.90 Å². The number of hydrogen-bond acceptors (Lipinski definition) is 7. The molecule has 1 aliphatic heterocycles. The molecule has 1 N–H and O–H groups in total. The summed E-state index contributed by atoms with van der Waals surface area (Å²) < 4.78 is 5.23. The van der Waals surface area contributed by atoms with E-state index in [2.05, 4.69) is 32.1 Å². The standard InChI is InChI=1S/C21H30N6O2/c1-13-14(2)24-19(21(28)26(4)5)25-20(13)27-10-8-17(12-27)23-15(3)16-7-9-22-18(11-16)29-6/h7,9,11,15,17,23H,8,10,12H2,1-6H3/t15?,17-/m1/s1. The number of nitrogens with one attached hydrogen (secondary N) is 1. The fourth-order valence-corrected chi connectivity index (χ4v) is 3.56. The highest BCUT2D eigenvalue weighted by Gasteiger charge is 2.28. The van der Waals surface area contributed by atoms with E-state index in [-0.39, 0.29) is 17.8 Å². The van der Waals surface area contributed by atoms with Crippen LogP contribution in [-0.2, 0) is 0 Å². The van der Waals surface area contributed by atoms with Gasteiger partial charge < -0.3 is 19.9 Å². The number of aryl methyl sites for hydroxylation is 1. The lowest BCUT2D eigenvalue weighted by Crippen LogP contribution is -2.35. The summed E-state index contributed by atoms with van der Waals surface area (Å²) >= 11 is 0. The molecule has 0 aliphatic carbocycles. The zero-order chi connectivity index (χ0) is 21.1. The van der Waals surface area contributed by atoms with Crippen molar-refractivity contribution in [1.82, 2.24) is 25.2 Å². The van der Waals surface area contributed by atoms with Crippen LogP contribution in [0.3, 0.4) is 0 Å². The van der Waals surface area contributed by atoms with E-state index < -0.39 is 0 Å². The highest BCUT2D eigenvalue weighted by molar-refractivity contribution is 5.90. The van der Waals surface area contributed by atoms with Gasteiger partial charge in [0.25, 0.3) is 5.91 Å². The van der Waals surface area contributed by atoms with Gasteiger partial charge in [-0.05, 0) is 38.8 Å². The molecule has 156 valence electrons. The van der Waals surface area contributed by atoms with E-state index in [1.807, 2.05) is 26.0 Å². The molecular weight excluding hydrogens is 368 g/mol. The van der Waals surface area contributed by atoms with Gasteiger partial charge in [0.1, 0.15) is 5.82 Å². The van der Waals surface area contributed by atoms with Gasteiger partial charge >= 0.3 is 0 Å². The van der Waals surface area contributed by atoms with Gasteiger partial charge in [-0.1, -0.05) is 0 Å². The molecule has 29 heavy (non-hydrogen) atoms. The molecule has 0 bridgehead atoms. The second-order valence-corrected chi connectivity index (χ2v) is 7.73. The predicted molar refractivity (Wildman–Crippen MR) is 112 cm³/mol. The topological polar surface area (TPSA) is 83.5 Å². The van der Waals surface area contributed by atoms with Gasteiger partial charge in [0.05, 0.1) is 7.11 Å². The number of aromatic nitrogens is 3. The third-order valence-electron chi connectivity index (χ3n) is 5.40. The van der Waals surface area contributed by atoms with Crippen LogP contribution < -0.4 is 15.0 Å². The molecule has 0 aromatic carbocycles. The van der Waals surface area contributed by atoms with Crippen LogP contribution in [0.15, 0.2) is 18.3 Å². The average molecular weight is 399 g/mol. The summed E-state index contributed by atoms with van der Waals surface area (Å²) in [6.45, 7) is 7.81. The van der Waals surface area contributed by atoms with Crippen LogP contribution in [0, 0.1) is 13.8 Å². The Balaban J connectivity index is 1.72. The number of nitrogens with zero attached hydrogens (tertiary/aromatic N) is 5. The van der Waals surface area contributed by atoms with Crippen molar-refractivity contribution in [3.8, 4) is 5.88 Å². The van der Waals surface area contributed by atoms with Crippen LogP contribution in [0.5, 0.6) is 5.88 Å². The summed E-state index contributed by atoms with van der Waals surface area (Å²) in [5, 5.41) is 3.69. The molecule has 8 nitrogen and oxygen atoms in total. The average Bonchev–Trinajstić information content (AvgIpc) is 3.17. The molecule has 8 heteroatoms. The highest BCUT2D eigenvalue weighted by atomic mass is 16.5. The second kappa shape index (κ2) is 8.73. The van der Waals surface area contributed by atoms with Crippen molar-refractivity contribution in [3.05, 3.63) is 41.0 Å². The van der Waals surface area contributed by atoms with Crippen molar-refractivity contribution in [2.45, 2.75) is 39.3 Å². The van der Waals surface area contributed by atoms with Crippen LogP contribution >= 0.6 is 0 Å². The fraction of sp³-hybridized carbons (Fsp3) is 0.524. The molecule has 1 saturated heterocycles. The zero-order valence-electron chi connectivity index (χ0n) is 18.1. The van der Waals surface area contributed by atoms with Gasteiger partial charge in [0.15, 0.2) is 0 Å². The van der Waals surface area contributed by atoms with Crippen molar-refractivity contribution in [2.24, 2.45) is 0 Å². The van der Waals surface area contributed by atoms with Crippen LogP contribution in [0.2, 0.25) is 0 Å². The highest BCUT2D eigenvalue weighted by Crippen LogP contribution is 2.26. The maximum Gasteiger partial charge on any atom is 0.291 e. The van der Waals surface area contributed by atoms with Gasteiger partial charge in [-0.2, -0.15) is 0 Å². The van der Waals surface area contributed by atoms with Gasteiger partial charge in [-0.15, -0.1) is 0 Å². The molecule has 0 radical (unpaired) electrons. The van der Waals surface area contributed by atoms with Gasteiger partial charge in [0.2, 0.25) is 11.7 Å². The zero-order valence-corrected chi connectivity index (χ0v) is 18.1. The fourth-order valence-electron chi connectivity index (χ4n) is 3.56. The van der Waals surface area contributed by atoms with Gasteiger partial charge in [-0.3, -0.25) is 4.79 Å². The minimum Gasteiger partial charge on any atom is -0.481 e. The minimum atomic E-state index is -0.177. The third-order valence-corrected chi connectivity index (χ3v) is 5.40. The minimum absolute atomic E-state index is 0.177. The first-order valence-corrected chi connectivity index (χ1v) is 9.88. The molecule has 0 spiro atoms. The number of methoxy groups -OCH3 is 1. The Morgan fingerprint density at radius 2 is 2.10 bits per heavy atom. The SMILES string of the molecule is COc1cc(C(C)N[C@@H]2CCN(c3nc(C(=O)N(C)C)nc(C)c3C)C2)ccn1. The third kappa shape index (κ3) is 4.64. The van der Waals surface area contributed by atoms with E-state index in [9.17, 15) is 4.79 Å². The molecule has 2 aromatic heterocycles. The second-order valence-electron chi connectivity index (χ2n) is 7.73. The first-order valence-electron chi connectivity index (χ1n) is 9.88. The molecule has 1 amide bonds. The number of hydrogen-bond donors (Lipinski definition) is 1. The number of anilines is 1. The lowest BCUT2D eigenvalue weighted by Gasteiger charge is -2.23. The molecule has 2 aromatic rings. The Labute approximate surface area is 172 Å². The van der Waals surface area contributed by atoms with Gasteiger partial charge in [-0.25, -0.2) is 15.0 Å². The molecule has 1 fully saturated rings. The monoisotopic (exact) mass is 398 g/mol. The molecular formula is C21H30N6O2. The number of rotatable bonds is 6. The van der Waals surface area contributed by atoms with Gasteiger partial charge in [0, 0.05) is 62.8 Å². The lowest BCUT2D eigenvalue weighted by molar-refractivity contribution is 0.0815. The van der Waals surface area contributed by atoms with E-state index in [1.54, 1.807) is 27.4 Å². The Morgan fingerprint density at radius 1 is 1.34 bits per heavy atom. The van der Waals surface area contributed by atoms with Crippen molar-refractivity contribution < 1.29 is 9.53 Å². The van der Waals surface area contributed by atoms with E-state index >= 15 is 0 Å². The Hall–Kier alpha value is -2.74. The molecule has 1 aliphatic rings. The van der Waals surface area contributed by atoms with Crippen LogP contribution in [0.4, 0.5) is 5.82 Å². The lowest BCUT2D eigenvalue weighted by atomic mass is 10.1. The van der Waals surface area contributed by atoms with Crippen LogP contribution in [0.1, 0.15) is 46.8 Å².